The maximum Gasteiger partial charge on any atom is 0.258 e. The molecule has 2 aromatic rings. The molecule has 3 heteroatoms. The van der Waals surface area contributed by atoms with Gasteiger partial charge in [-0.2, -0.15) is 0 Å². The van der Waals surface area contributed by atoms with Crippen LogP contribution in [0.3, 0.4) is 0 Å². The molecule has 0 aliphatic carbocycles. The van der Waals surface area contributed by atoms with E-state index in [1.54, 1.807) is 0 Å². The second-order valence-corrected chi connectivity index (χ2v) is 5.31. The monoisotopic (exact) mass is 283 g/mol. The Morgan fingerprint density at radius 1 is 1.10 bits per heavy atom. The molecule has 3 nitrogen and oxygen atoms in total. The fourth-order valence-corrected chi connectivity index (χ4v) is 2.08. The summed E-state index contributed by atoms with van der Waals surface area (Å²) in [6.07, 6.45) is 0. The third-order valence-electron chi connectivity index (χ3n) is 3.31. The molecule has 0 aliphatic heterocycles. The van der Waals surface area contributed by atoms with Crippen LogP contribution in [-0.2, 0) is 4.79 Å². The molecule has 0 spiro atoms. The van der Waals surface area contributed by atoms with E-state index in [9.17, 15) is 4.79 Å². The van der Waals surface area contributed by atoms with Gasteiger partial charge in [-0.1, -0.05) is 42.0 Å². The summed E-state index contributed by atoms with van der Waals surface area (Å²) in [7, 11) is 0. The van der Waals surface area contributed by atoms with Gasteiger partial charge in [-0.3, -0.25) is 4.79 Å². The molecule has 2 rings (SSSR count). The number of carbonyl (C=O) groups excluding carboxylic acids is 1. The third-order valence-corrected chi connectivity index (χ3v) is 3.31. The summed E-state index contributed by atoms with van der Waals surface area (Å²) >= 11 is 0. The predicted molar refractivity (Wildman–Crippen MR) is 84.4 cm³/mol. The number of rotatable bonds is 5. The van der Waals surface area contributed by atoms with Gasteiger partial charge in [-0.05, 0) is 44.0 Å². The standard InChI is InChI=1S/C18H21NO2/c1-13-7-9-16(10-8-13)15(3)19-18(20)12-21-17-6-4-5-14(2)11-17/h4-11,15H,12H2,1-3H3,(H,19,20). The van der Waals surface area contributed by atoms with Gasteiger partial charge in [0.2, 0.25) is 0 Å². The van der Waals surface area contributed by atoms with Gasteiger partial charge < -0.3 is 10.1 Å². The van der Waals surface area contributed by atoms with Gasteiger partial charge in [0.05, 0.1) is 6.04 Å². The highest BCUT2D eigenvalue weighted by Crippen LogP contribution is 2.14. The summed E-state index contributed by atoms with van der Waals surface area (Å²) in [5.41, 5.74) is 3.41. The van der Waals surface area contributed by atoms with Crippen molar-refractivity contribution >= 4 is 5.91 Å². The van der Waals surface area contributed by atoms with Crippen LogP contribution in [0.1, 0.15) is 29.7 Å². The molecule has 1 atom stereocenters. The van der Waals surface area contributed by atoms with Gasteiger partial charge in [0, 0.05) is 0 Å². The van der Waals surface area contributed by atoms with Crippen LogP contribution in [0.2, 0.25) is 0 Å². The first-order valence-electron chi connectivity index (χ1n) is 7.10. The average Bonchev–Trinajstić information content (AvgIpc) is 2.46. The van der Waals surface area contributed by atoms with Gasteiger partial charge in [0.25, 0.3) is 5.91 Å². The lowest BCUT2D eigenvalue weighted by Gasteiger charge is -2.15. The lowest BCUT2D eigenvalue weighted by atomic mass is 10.1. The Hall–Kier alpha value is -2.29. The molecule has 1 N–H and O–H groups in total. The van der Waals surface area contributed by atoms with E-state index in [4.69, 9.17) is 4.74 Å². The zero-order valence-corrected chi connectivity index (χ0v) is 12.7. The van der Waals surface area contributed by atoms with Crippen LogP contribution in [0.25, 0.3) is 0 Å². The smallest absolute Gasteiger partial charge is 0.258 e. The zero-order chi connectivity index (χ0) is 15.2. The fraction of sp³-hybridized carbons (Fsp3) is 0.278. The average molecular weight is 283 g/mol. The molecule has 0 fully saturated rings. The highest BCUT2D eigenvalue weighted by molar-refractivity contribution is 5.78. The number of ether oxygens (including phenoxy) is 1. The first kappa shape index (κ1) is 15.1. The number of hydrogen-bond acceptors (Lipinski definition) is 2. The van der Waals surface area contributed by atoms with Crippen LogP contribution in [-0.4, -0.2) is 12.5 Å². The number of amides is 1. The molecule has 0 saturated heterocycles. The number of hydrogen-bond donors (Lipinski definition) is 1. The number of carbonyl (C=O) groups is 1. The van der Waals surface area contributed by atoms with Crippen LogP contribution < -0.4 is 10.1 Å². The van der Waals surface area contributed by atoms with Crippen molar-refractivity contribution in [2.24, 2.45) is 0 Å². The van der Waals surface area contributed by atoms with Gasteiger partial charge >= 0.3 is 0 Å². The van der Waals surface area contributed by atoms with Gasteiger partial charge in [0.1, 0.15) is 5.75 Å². The molecule has 0 aliphatic rings. The van der Waals surface area contributed by atoms with Gasteiger partial charge in [0.15, 0.2) is 6.61 Å². The first-order chi connectivity index (χ1) is 10.0. The quantitative estimate of drug-likeness (QED) is 0.911. The van der Waals surface area contributed by atoms with E-state index >= 15 is 0 Å². The summed E-state index contributed by atoms with van der Waals surface area (Å²) in [5.74, 6) is 0.595. The second-order valence-electron chi connectivity index (χ2n) is 5.31. The van der Waals surface area contributed by atoms with Crippen molar-refractivity contribution in [2.45, 2.75) is 26.8 Å². The van der Waals surface area contributed by atoms with Crippen LogP contribution in [0, 0.1) is 13.8 Å². The summed E-state index contributed by atoms with van der Waals surface area (Å²) < 4.78 is 5.49. The Morgan fingerprint density at radius 3 is 2.48 bits per heavy atom. The van der Waals surface area contributed by atoms with Gasteiger partial charge in [-0.15, -0.1) is 0 Å². The topological polar surface area (TPSA) is 38.3 Å². The number of benzene rings is 2. The summed E-state index contributed by atoms with van der Waals surface area (Å²) in [6, 6.07) is 15.8. The van der Waals surface area contributed by atoms with Crippen LogP contribution >= 0.6 is 0 Å². The Labute approximate surface area is 126 Å². The molecular weight excluding hydrogens is 262 g/mol. The highest BCUT2D eigenvalue weighted by Gasteiger charge is 2.09. The van der Waals surface area contributed by atoms with Crippen molar-refractivity contribution in [3.05, 3.63) is 65.2 Å². The largest absolute Gasteiger partial charge is 0.484 e. The minimum Gasteiger partial charge on any atom is -0.484 e. The van der Waals surface area contributed by atoms with Crippen LogP contribution in [0.5, 0.6) is 5.75 Å². The van der Waals surface area contributed by atoms with Crippen molar-refractivity contribution in [3.63, 3.8) is 0 Å². The van der Waals surface area contributed by atoms with E-state index in [1.165, 1.54) is 5.56 Å². The molecule has 21 heavy (non-hydrogen) atoms. The molecule has 1 unspecified atom stereocenters. The maximum absolute atomic E-state index is 11.9. The van der Waals surface area contributed by atoms with E-state index in [0.717, 1.165) is 11.1 Å². The Kier molecular flexibility index (Phi) is 4.99. The van der Waals surface area contributed by atoms with E-state index < -0.39 is 0 Å². The normalized spacial score (nSPS) is 11.8. The van der Waals surface area contributed by atoms with E-state index in [2.05, 4.69) is 5.32 Å². The zero-order valence-electron chi connectivity index (χ0n) is 12.7. The SMILES string of the molecule is Cc1ccc(C(C)NC(=O)COc2cccc(C)c2)cc1. The van der Waals surface area contributed by atoms with E-state index in [-0.39, 0.29) is 18.6 Å². The highest BCUT2D eigenvalue weighted by atomic mass is 16.5. The fourth-order valence-electron chi connectivity index (χ4n) is 2.08. The van der Waals surface area contributed by atoms with Gasteiger partial charge in [-0.25, -0.2) is 0 Å². The Balaban J connectivity index is 1.85. The predicted octanol–water partition coefficient (Wildman–Crippen LogP) is 3.56. The van der Waals surface area contributed by atoms with Crippen LogP contribution in [0.4, 0.5) is 0 Å². The molecule has 0 heterocycles. The van der Waals surface area contributed by atoms with Crippen molar-refractivity contribution in [3.8, 4) is 5.75 Å². The molecule has 110 valence electrons. The van der Waals surface area contributed by atoms with Crippen molar-refractivity contribution in [1.29, 1.82) is 0 Å². The lowest BCUT2D eigenvalue weighted by molar-refractivity contribution is -0.123. The Morgan fingerprint density at radius 2 is 1.81 bits per heavy atom. The summed E-state index contributed by atoms with van der Waals surface area (Å²) in [6.45, 7) is 6.03. The molecule has 2 aromatic carbocycles. The summed E-state index contributed by atoms with van der Waals surface area (Å²) in [4.78, 5) is 11.9. The van der Waals surface area contributed by atoms with E-state index in [0.29, 0.717) is 5.75 Å². The molecule has 1 amide bonds. The molecular formula is C18H21NO2. The summed E-state index contributed by atoms with van der Waals surface area (Å²) in [5, 5.41) is 2.94. The van der Waals surface area contributed by atoms with Crippen molar-refractivity contribution in [1.82, 2.24) is 5.32 Å². The molecule has 0 aromatic heterocycles. The molecule has 0 bridgehead atoms. The Bertz CT molecular complexity index is 605. The number of nitrogens with one attached hydrogen (secondary N) is 1. The van der Waals surface area contributed by atoms with E-state index in [1.807, 2.05) is 69.3 Å². The second kappa shape index (κ2) is 6.93. The minimum atomic E-state index is -0.121. The van der Waals surface area contributed by atoms with Crippen LogP contribution in [0.15, 0.2) is 48.5 Å². The van der Waals surface area contributed by atoms with Crippen molar-refractivity contribution < 1.29 is 9.53 Å². The molecule has 0 radical (unpaired) electrons. The first-order valence-corrected chi connectivity index (χ1v) is 7.10. The van der Waals surface area contributed by atoms with Crippen molar-refractivity contribution in [2.75, 3.05) is 6.61 Å². The minimum absolute atomic E-state index is 0.0274. The lowest BCUT2D eigenvalue weighted by Crippen LogP contribution is -2.31. The number of aryl methyl sites for hydroxylation is 2. The molecule has 0 saturated carbocycles. The maximum atomic E-state index is 11.9. The third kappa shape index (κ3) is 4.63.